The van der Waals surface area contributed by atoms with Crippen LogP contribution in [0.25, 0.3) is 0 Å². The molecule has 1 heterocycles. The van der Waals surface area contributed by atoms with Gasteiger partial charge in [0.1, 0.15) is 0 Å². The number of hydrogen-bond acceptors (Lipinski definition) is 3. The van der Waals surface area contributed by atoms with Crippen LogP contribution in [-0.2, 0) is 10.5 Å². The predicted molar refractivity (Wildman–Crippen MR) is 81.3 cm³/mol. The van der Waals surface area contributed by atoms with Crippen LogP contribution < -0.4 is 0 Å². The Balaban J connectivity index is 1.79. The fraction of sp³-hybridized carbons (Fsp3) is 0.533. The molecule has 2 rings (SSSR count). The molecule has 1 aliphatic rings. The van der Waals surface area contributed by atoms with Crippen molar-refractivity contribution in [1.29, 1.82) is 0 Å². The zero-order valence-corrected chi connectivity index (χ0v) is 12.5. The molecule has 0 spiro atoms. The molecule has 3 nitrogen and oxygen atoms in total. The lowest BCUT2D eigenvalue weighted by Gasteiger charge is -2.33. The number of carbonyl (C=O) groups excluding carboxylic acids is 1. The highest BCUT2D eigenvalue weighted by atomic mass is 32.2. The van der Waals surface area contributed by atoms with Crippen molar-refractivity contribution in [3.05, 3.63) is 35.9 Å². The van der Waals surface area contributed by atoms with Crippen molar-refractivity contribution >= 4 is 17.7 Å². The normalized spacial score (nSPS) is 18.3. The highest BCUT2D eigenvalue weighted by Crippen LogP contribution is 2.19. The molecule has 0 bridgehead atoms. The van der Waals surface area contributed by atoms with Crippen LogP contribution in [0.1, 0.15) is 12.5 Å². The number of benzene rings is 1. The van der Waals surface area contributed by atoms with E-state index in [1.165, 1.54) is 5.56 Å². The van der Waals surface area contributed by atoms with Gasteiger partial charge in [0.2, 0.25) is 5.91 Å². The summed E-state index contributed by atoms with van der Waals surface area (Å²) in [5.74, 6) is 1.19. The van der Waals surface area contributed by atoms with E-state index in [0.717, 1.165) is 31.9 Å². The number of likely N-dealkylation sites (N-methyl/N-ethyl adjacent to an activating group) is 1. The number of thioether (sulfide) groups is 1. The van der Waals surface area contributed by atoms with Crippen LogP contribution in [-0.4, -0.2) is 54.2 Å². The molecule has 0 radical (unpaired) electrons. The molecule has 104 valence electrons. The van der Waals surface area contributed by atoms with Gasteiger partial charge < -0.3 is 9.80 Å². The van der Waals surface area contributed by atoms with Gasteiger partial charge in [-0.25, -0.2) is 0 Å². The van der Waals surface area contributed by atoms with E-state index >= 15 is 0 Å². The maximum atomic E-state index is 12.3. The number of nitrogens with zero attached hydrogens (tertiary/aromatic N) is 2. The molecule has 1 saturated heterocycles. The highest BCUT2D eigenvalue weighted by Gasteiger charge is 2.23. The molecule has 0 N–H and O–H groups in total. The maximum Gasteiger partial charge on any atom is 0.235 e. The minimum absolute atomic E-state index is 0.0450. The number of piperazine rings is 1. The van der Waals surface area contributed by atoms with E-state index in [-0.39, 0.29) is 11.2 Å². The van der Waals surface area contributed by atoms with Crippen molar-refractivity contribution in [3.63, 3.8) is 0 Å². The van der Waals surface area contributed by atoms with Gasteiger partial charge in [-0.2, -0.15) is 0 Å². The SMILES string of the molecule is CC(SCc1ccccc1)C(=O)N1CCN(C)CC1. The summed E-state index contributed by atoms with van der Waals surface area (Å²) in [4.78, 5) is 16.6. The van der Waals surface area contributed by atoms with Gasteiger partial charge in [-0.1, -0.05) is 30.3 Å². The Bertz CT molecular complexity index is 402. The molecular weight excluding hydrogens is 256 g/mol. The zero-order chi connectivity index (χ0) is 13.7. The molecule has 0 aromatic heterocycles. The van der Waals surface area contributed by atoms with E-state index < -0.39 is 0 Å². The standard InChI is InChI=1S/C15H22N2OS/c1-13(19-12-14-6-4-3-5-7-14)15(18)17-10-8-16(2)9-11-17/h3-7,13H,8-12H2,1-2H3. The fourth-order valence-corrected chi connectivity index (χ4v) is 3.08. The summed E-state index contributed by atoms with van der Waals surface area (Å²) in [6, 6.07) is 10.3. The molecular formula is C15H22N2OS. The number of carbonyl (C=O) groups is 1. The summed E-state index contributed by atoms with van der Waals surface area (Å²) >= 11 is 1.73. The third kappa shape index (κ3) is 4.25. The van der Waals surface area contributed by atoms with Crippen molar-refractivity contribution < 1.29 is 4.79 Å². The zero-order valence-electron chi connectivity index (χ0n) is 11.7. The Morgan fingerprint density at radius 1 is 1.21 bits per heavy atom. The predicted octanol–water partition coefficient (Wildman–Crippen LogP) is 2.08. The maximum absolute atomic E-state index is 12.3. The molecule has 4 heteroatoms. The average Bonchev–Trinajstić information content (AvgIpc) is 2.46. The largest absolute Gasteiger partial charge is 0.339 e. The lowest BCUT2D eigenvalue weighted by atomic mass is 10.2. The van der Waals surface area contributed by atoms with Crippen LogP contribution >= 0.6 is 11.8 Å². The van der Waals surface area contributed by atoms with Crippen molar-refractivity contribution in [3.8, 4) is 0 Å². The lowest BCUT2D eigenvalue weighted by Crippen LogP contribution is -2.49. The molecule has 1 unspecified atom stereocenters. The summed E-state index contributed by atoms with van der Waals surface area (Å²) in [5, 5.41) is 0.0450. The van der Waals surface area contributed by atoms with Gasteiger partial charge in [0, 0.05) is 31.9 Å². The first-order chi connectivity index (χ1) is 9.16. The second kappa shape index (κ2) is 6.96. The lowest BCUT2D eigenvalue weighted by molar-refractivity contribution is -0.131. The Morgan fingerprint density at radius 3 is 2.47 bits per heavy atom. The number of amides is 1. The van der Waals surface area contributed by atoms with Gasteiger partial charge in [0.05, 0.1) is 5.25 Å². The summed E-state index contributed by atoms with van der Waals surface area (Å²) in [6.45, 7) is 5.73. The summed E-state index contributed by atoms with van der Waals surface area (Å²) < 4.78 is 0. The minimum atomic E-state index is 0.0450. The average molecular weight is 278 g/mol. The Hall–Kier alpha value is -1.00. The van der Waals surface area contributed by atoms with Gasteiger partial charge in [-0.3, -0.25) is 4.79 Å². The van der Waals surface area contributed by atoms with E-state index in [4.69, 9.17) is 0 Å². The minimum Gasteiger partial charge on any atom is -0.339 e. The summed E-state index contributed by atoms with van der Waals surface area (Å²) in [6.07, 6.45) is 0. The smallest absolute Gasteiger partial charge is 0.235 e. The molecule has 19 heavy (non-hydrogen) atoms. The molecule has 1 aromatic carbocycles. The van der Waals surface area contributed by atoms with Crippen molar-refractivity contribution in [1.82, 2.24) is 9.80 Å². The fourth-order valence-electron chi connectivity index (χ4n) is 2.15. The quantitative estimate of drug-likeness (QED) is 0.842. The Labute approximate surface area is 120 Å². The van der Waals surface area contributed by atoms with Crippen LogP contribution in [0, 0.1) is 0 Å². The first-order valence-electron chi connectivity index (χ1n) is 6.79. The van der Waals surface area contributed by atoms with E-state index in [0.29, 0.717) is 0 Å². The highest BCUT2D eigenvalue weighted by molar-refractivity contribution is 7.99. The molecule has 1 aliphatic heterocycles. The Kier molecular flexibility index (Phi) is 5.28. The number of rotatable bonds is 4. The van der Waals surface area contributed by atoms with E-state index in [2.05, 4.69) is 24.1 Å². The second-order valence-electron chi connectivity index (χ2n) is 5.07. The van der Waals surface area contributed by atoms with Crippen LogP contribution in [0.4, 0.5) is 0 Å². The summed E-state index contributed by atoms with van der Waals surface area (Å²) in [7, 11) is 2.11. The summed E-state index contributed by atoms with van der Waals surface area (Å²) in [5.41, 5.74) is 1.28. The van der Waals surface area contributed by atoms with Gasteiger partial charge in [-0.15, -0.1) is 11.8 Å². The third-order valence-electron chi connectivity index (χ3n) is 3.51. The van der Waals surface area contributed by atoms with E-state index in [9.17, 15) is 4.79 Å². The topological polar surface area (TPSA) is 23.6 Å². The third-order valence-corrected chi connectivity index (χ3v) is 4.71. The molecule has 0 aliphatic carbocycles. The van der Waals surface area contributed by atoms with Gasteiger partial charge in [0.25, 0.3) is 0 Å². The first-order valence-corrected chi connectivity index (χ1v) is 7.84. The molecule has 1 fully saturated rings. The van der Waals surface area contributed by atoms with E-state index in [1.807, 2.05) is 30.0 Å². The van der Waals surface area contributed by atoms with Crippen molar-refractivity contribution in [2.45, 2.75) is 17.9 Å². The van der Waals surface area contributed by atoms with Gasteiger partial charge >= 0.3 is 0 Å². The van der Waals surface area contributed by atoms with Gasteiger partial charge in [0.15, 0.2) is 0 Å². The second-order valence-corrected chi connectivity index (χ2v) is 6.40. The molecule has 1 atom stereocenters. The van der Waals surface area contributed by atoms with Crippen LogP contribution in [0.3, 0.4) is 0 Å². The molecule has 1 aromatic rings. The van der Waals surface area contributed by atoms with Crippen molar-refractivity contribution in [2.24, 2.45) is 0 Å². The van der Waals surface area contributed by atoms with Crippen LogP contribution in [0.5, 0.6) is 0 Å². The van der Waals surface area contributed by atoms with E-state index in [1.54, 1.807) is 11.8 Å². The first kappa shape index (κ1) is 14.4. The molecule has 0 saturated carbocycles. The van der Waals surface area contributed by atoms with Gasteiger partial charge in [-0.05, 0) is 19.5 Å². The number of hydrogen-bond donors (Lipinski definition) is 0. The van der Waals surface area contributed by atoms with Crippen LogP contribution in [0.15, 0.2) is 30.3 Å². The molecule has 1 amide bonds. The Morgan fingerprint density at radius 2 is 1.84 bits per heavy atom. The monoisotopic (exact) mass is 278 g/mol. The van der Waals surface area contributed by atoms with Crippen LogP contribution in [0.2, 0.25) is 0 Å². The van der Waals surface area contributed by atoms with Crippen molar-refractivity contribution in [2.75, 3.05) is 33.2 Å².